The minimum absolute atomic E-state index is 0.0750. The minimum atomic E-state index is -4.49. The standard InChI is InChI=1S/C43H56N2O12S2/c1-42(2)33-29-31(58-57-56-51)22-24-35(33)44(27-15-7-11-19-39(46)47)37(42)17-9-5-10-18-38-43(3,26-14-6-13-21-41(50)55-4)34-30-32(59(52,53)54)23-25-36(34)45(38)28-16-8-12-20-40(48)49/h5,9-10,17-18,22-25,29-30H,6-8,11-16,19-21,26-28H2,1-4H3,(H3-,46,47,48,49,51,52,53,54)/p+1. The van der Waals surface area contributed by atoms with Gasteiger partial charge in [-0.25, -0.2) is 5.26 Å². The van der Waals surface area contributed by atoms with E-state index in [-0.39, 0.29) is 23.7 Å². The van der Waals surface area contributed by atoms with Crippen LogP contribution in [-0.4, -0.2) is 76.8 Å². The third kappa shape index (κ3) is 12.6. The van der Waals surface area contributed by atoms with Gasteiger partial charge in [-0.2, -0.15) is 13.0 Å². The van der Waals surface area contributed by atoms with E-state index in [4.69, 9.17) is 24.5 Å². The Bertz CT molecular complexity index is 2060. The average molecular weight is 858 g/mol. The molecule has 4 N–H and O–H groups in total. The molecule has 16 heteroatoms. The van der Waals surface area contributed by atoms with Gasteiger partial charge in [-0.3, -0.25) is 18.9 Å². The van der Waals surface area contributed by atoms with Crippen molar-refractivity contribution in [2.24, 2.45) is 0 Å². The molecule has 2 aromatic rings. The number of carboxylic acids is 2. The number of allylic oxidation sites excluding steroid dienone is 6. The number of carbonyl (C=O) groups is 3. The highest BCUT2D eigenvalue weighted by Crippen LogP contribution is 2.51. The van der Waals surface area contributed by atoms with Crippen molar-refractivity contribution in [2.45, 2.75) is 125 Å². The van der Waals surface area contributed by atoms with Gasteiger partial charge in [-0.05, 0) is 101 Å². The number of unbranched alkanes of at least 4 members (excludes halogenated alkanes) is 6. The Morgan fingerprint density at radius 1 is 0.831 bits per heavy atom. The van der Waals surface area contributed by atoms with Crippen molar-refractivity contribution in [1.29, 1.82) is 0 Å². The number of hydrogen-bond donors (Lipinski definition) is 4. The second-order valence-electron chi connectivity index (χ2n) is 15.5. The van der Waals surface area contributed by atoms with Gasteiger partial charge >= 0.3 is 17.9 Å². The summed E-state index contributed by atoms with van der Waals surface area (Å²) in [5.74, 6) is -1.93. The molecule has 14 nitrogen and oxygen atoms in total. The zero-order valence-electron chi connectivity index (χ0n) is 34.2. The summed E-state index contributed by atoms with van der Waals surface area (Å²) in [5.41, 5.74) is 4.51. The number of carbonyl (C=O) groups excluding carboxylic acids is 1. The Labute approximate surface area is 351 Å². The molecule has 0 amide bonds. The Balaban J connectivity index is 1.70. The largest absolute Gasteiger partial charge is 0.481 e. The highest BCUT2D eigenvalue weighted by Gasteiger charge is 2.45. The van der Waals surface area contributed by atoms with Gasteiger partial charge in [0, 0.05) is 71.6 Å². The molecule has 59 heavy (non-hydrogen) atoms. The summed E-state index contributed by atoms with van der Waals surface area (Å²) in [5, 5.41) is 30.8. The first-order chi connectivity index (χ1) is 28.0. The van der Waals surface area contributed by atoms with Gasteiger partial charge in [-0.1, -0.05) is 42.5 Å². The van der Waals surface area contributed by atoms with Crippen molar-refractivity contribution in [3.05, 3.63) is 83.6 Å². The number of esters is 1. The van der Waals surface area contributed by atoms with Crippen LogP contribution in [0.4, 0.5) is 11.4 Å². The van der Waals surface area contributed by atoms with Gasteiger partial charge in [0.05, 0.1) is 29.5 Å². The fourth-order valence-electron chi connectivity index (χ4n) is 8.03. The first-order valence-corrected chi connectivity index (χ1v) is 22.1. The quantitative estimate of drug-likeness (QED) is 0.0108. The summed E-state index contributed by atoms with van der Waals surface area (Å²) in [7, 11) is -3.13. The number of anilines is 1. The number of rotatable bonds is 25. The highest BCUT2D eigenvalue weighted by molar-refractivity contribution is 7.94. The predicted octanol–water partition coefficient (Wildman–Crippen LogP) is 8.93. The maximum absolute atomic E-state index is 12.3. The molecule has 2 heterocycles. The number of methoxy groups -OCH3 is 1. The van der Waals surface area contributed by atoms with Crippen molar-refractivity contribution in [2.75, 3.05) is 25.1 Å². The zero-order chi connectivity index (χ0) is 43.2. The molecule has 1 atom stereocenters. The lowest BCUT2D eigenvalue weighted by Crippen LogP contribution is -2.29. The van der Waals surface area contributed by atoms with Crippen LogP contribution in [0.5, 0.6) is 0 Å². The molecule has 0 aliphatic carbocycles. The molecule has 0 fully saturated rings. The first kappa shape index (κ1) is 47.4. The SMILES string of the molecule is COC(=O)CCCCCC1(C)C(=CC=CC=CC2=[N+](CCCCCC(=O)O)c3ccc(SOOO)cc3C2(C)C)N(CCCCCC(=O)O)c2ccc(S(=O)(=O)O)cc21. The van der Waals surface area contributed by atoms with Crippen LogP contribution >= 0.6 is 12.0 Å². The molecule has 0 aromatic heterocycles. The highest BCUT2D eigenvalue weighted by atomic mass is 32.2. The predicted molar refractivity (Wildman–Crippen MR) is 225 cm³/mol. The van der Waals surface area contributed by atoms with E-state index < -0.39 is 32.9 Å². The van der Waals surface area contributed by atoms with E-state index in [1.807, 2.05) is 42.5 Å². The van der Waals surface area contributed by atoms with Crippen LogP contribution in [0.15, 0.2) is 82.3 Å². The molecule has 2 aliphatic heterocycles. The molecule has 0 radical (unpaired) electrons. The number of ether oxygens (including phenoxy) is 1. The maximum atomic E-state index is 12.3. The third-order valence-electron chi connectivity index (χ3n) is 11.1. The minimum Gasteiger partial charge on any atom is -0.481 e. The van der Waals surface area contributed by atoms with Gasteiger partial charge in [0.15, 0.2) is 5.71 Å². The van der Waals surface area contributed by atoms with E-state index in [1.54, 1.807) is 12.1 Å². The van der Waals surface area contributed by atoms with Gasteiger partial charge in [0.2, 0.25) is 5.69 Å². The number of aliphatic carboxylic acids is 2. The molecule has 2 aromatic carbocycles. The lowest BCUT2D eigenvalue weighted by Gasteiger charge is -2.30. The van der Waals surface area contributed by atoms with E-state index in [0.717, 1.165) is 76.5 Å². The number of hydrogen-bond acceptors (Lipinski definition) is 11. The first-order valence-electron chi connectivity index (χ1n) is 19.9. The van der Waals surface area contributed by atoms with Crippen LogP contribution in [0.2, 0.25) is 0 Å². The summed E-state index contributed by atoms with van der Waals surface area (Å²) < 4.78 is 46.4. The lowest BCUT2D eigenvalue weighted by atomic mass is 9.77. The van der Waals surface area contributed by atoms with E-state index in [9.17, 15) is 27.4 Å². The zero-order valence-corrected chi connectivity index (χ0v) is 35.9. The van der Waals surface area contributed by atoms with E-state index in [0.29, 0.717) is 58.0 Å². The van der Waals surface area contributed by atoms with Crippen LogP contribution in [0.3, 0.4) is 0 Å². The second-order valence-corrected chi connectivity index (χ2v) is 17.7. The Morgan fingerprint density at radius 3 is 2.17 bits per heavy atom. The van der Waals surface area contributed by atoms with Gasteiger partial charge in [0.25, 0.3) is 10.1 Å². The Hall–Kier alpha value is -4.32. The number of fused-ring (bicyclic) bond motifs is 2. The summed E-state index contributed by atoms with van der Waals surface area (Å²) >= 11 is 0.888. The summed E-state index contributed by atoms with van der Waals surface area (Å²) in [6, 6.07) is 10.5. The van der Waals surface area contributed by atoms with Crippen LogP contribution in [0.25, 0.3) is 0 Å². The van der Waals surface area contributed by atoms with Gasteiger partial charge in [-0.15, -0.1) is 4.33 Å². The lowest BCUT2D eigenvalue weighted by molar-refractivity contribution is -0.438. The molecule has 0 saturated carbocycles. The van der Waals surface area contributed by atoms with E-state index >= 15 is 0 Å². The maximum Gasteiger partial charge on any atom is 0.305 e. The summed E-state index contributed by atoms with van der Waals surface area (Å²) in [6.45, 7) is 7.55. The average Bonchev–Trinajstić information content (AvgIpc) is 3.54. The number of carboxylic acid groups (broad SMARTS) is 2. The Kier molecular flexibility index (Phi) is 17.5. The van der Waals surface area contributed by atoms with Crippen LogP contribution in [0, 0.1) is 0 Å². The molecule has 0 spiro atoms. The Morgan fingerprint density at radius 2 is 1.51 bits per heavy atom. The van der Waals surface area contributed by atoms with Crippen molar-refractivity contribution in [3.8, 4) is 0 Å². The molecular formula is C43H57N2O12S2+. The van der Waals surface area contributed by atoms with Crippen LogP contribution < -0.4 is 4.90 Å². The van der Waals surface area contributed by atoms with Crippen molar-refractivity contribution in [1.82, 2.24) is 0 Å². The molecule has 322 valence electrons. The second kappa shape index (κ2) is 21.8. The molecule has 1 unspecified atom stereocenters. The van der Waals surface area contributed by atoms with E-state index in [2.05, 4.69) is 41.4 Å². The fraction of sp³-hybridized carbons (Fsp3) is 0.488. The molecule has 0 saturated heterocycles. The van der Waals surface area contributed by atoms with Crippen molar-refractivity contribution < 1.29 is 61.5 Å². The van der Waals surface area contributed by atoms with Gasteiger partial charge < -0.3 is 19.8 Å². The summed E-state index contributed by atoms with van der Waals surface area (Å²) in [6.07, 6.45) is 17.2. The molecule has 0 bridgehead atoms. The topological polar surface area (TPSA) is 200 Å². The van der Waals surface area contributed by atoms with Gasteiger partial charge in [0.1, 0.15) is 6.54 Å². The third-order valence-corrected chi connectivity index (χ3v) is 12.5. The van der Waals surface area contributed by atoms with Crippen LogP contribution in [-0.2, 0) is 49.4 Å². The molecule has 4 rings (SSSR count). The summed E-state index contributed by atoms with van der Waals surface area (Å²) in [4.78, 5) is 36.7. The monoisotopic (exact) mass is 857 g/mol. The number of nitrogens with zero attached hydrogens (tertiary/aromatic N) is 2. The molecule has 2 aliphatic rings. The molecular weight excluding hydrogens is 801 g/mol. The van der Waals surface area contributed by atoms with Crippen LogP contribution in [0.1, 0.15) is 115 Å². The van der Waals surface area contributed by atoms with Crippen molar-refractivity contribution in [3.63, 3.8) is 0 Å². The smallest absolute Gasteiger partial charge is 0.305 e. The van der Waals surface area contributed by atoms with Crippen molar-refractivity contribution >= 4 is 57.2 Å². The normalized spacial score (nSPS) is 18.0. The van der Waals surface area contributed by atoms with E-state index in [1.165, 1.54) is 13.2 Å². The number of benzene rings is 2. The fourth-order valence-corrected chi connectivity index (χ4v) is 8.93.